The number of hydrogen-bond donors (Lipinski definition) is 0. The Hall–Kier alpha value is -1.99. The molecule has 4 heterocycles. The molecule has 7 heteroatoms. The average Bonchev–Trinajstić information content (AvgIpc) is 3.20. The summed E-state index contributed by atoms with van der Waals surface area (Å²) >= 11 is 1.66. The fourth-order valence-electron chi connectivity index (χ4n) is 2.64. The van der Waals surface area contributed by atoms with Crippen molar-refractivity contribution in [3.8, 4) is 10.6 Å². The predicted octanol–water partition coefficient (Wildman–Crippen LogP) is 2.32. The van der Waals surface area contributed by atoms with Gasteiger partial charge in [0.05, 0.1) is 17.1 Å². The smallest absolute Gasteiger partial charge is 0.177 e. The van der Waals surface area contributed by atoms with Gasteiger partial charge in [-0.15, -0.1) is 21.5 Å². The first kappa shape index (κ1) is 12.7. The fraction of sp³-hybridized carbons (Fsp3) is 0.357. The maximum atomic E-state index is 5.42. The van der Waals surface area contributed by atoms with Crippen molar-refractivity contribution < 1.29 is 4.52 Å². The van der Waals surface area contributed by atoms with Gasteiger partial charge in [-0.05, 0) is 18.4 Å². The Kier molecular flexibility index (Phi) is 3.08. The molecule has 0 N–H and O–H groups in total. The molecular weight excluding hydrogens is 286 g/mol. The lowest BCUT2D eigenvalue weighted by Gasteiger charge is -2.26. The minimum atomic E-state index is 0.779. The van der Waals surface area contributed by atoms with Crippen LogP contribution in [0.4, 0.5) is 0 Å². The average molecular weight is 301 g/mol. The van der Waals surface area contributed by atoms with E-state index in [0.717, 1.165) is 54.2 Å². The van der Waals surface area contributed by atoms with E-state index in [9.17, 15) is 0 Å². The van der Waals surface area contributed by atoms with Crippen LogP contribution < -0.4 is 0 Å². The summed E-state index contributed by atoms with van der Waals surface area (Å²) in [5.74, 6) is 2.86. The Labute approximate surface area is 126 Å². The Balaban J connectivity index is 1.48. The molecule has 1 aliphatic rings. The van der Waals surface area contributed by atoms with E-state index in [-0.39, 0.29) is 0 Å². The molecule has 0 bridgehead atoms. The van der Waals surface area contributed by atoms with Crippen LogP contribution in [0, 0.1) is 6.92 Å². The normalized spacial score (nSPS) is 15.3. The summed E-state index contributed by atoms with van der Waals surface area (Å²) in [6.45, 7) is 5.50. The van der Waals surface area contributed by atoms with Gasteiger partial charge in [-0.3, -0.25) is 4.90 Å². The third-order valence-corrected chi connectivity index (χ3v) is 4.61. The van der Waals surface area contributed by atoms with Gasteiger partial charge >= 0.3 is 0 Å². The number of fused-ring (bicyclic) bond motifs is 1. The topological polar surface area (TPSA) is 60.0 Å². The second-order valence-corrected chi connectivity index (χ2v) is 6.13. The second-order valence-electron chi connectivity index (χ2n) is 5.19. The van der Waals surface area contributed by atoms with Crippen molar-refractivity contribution in [1.29, 1.82) is 0 Å². The third kappa shape index (κ3) is 2.38. The highest BCUT2D eigenvalue weighted by molar-refractivity contribution is 7.13. The van der Waals surface area contributed by atoms with Crippen molar-refractivity contribution in [2.24, 2.45) is 0 Å². The Bertz CT molecular complexity index is 745. The van der Waals surface area contributed by atoms with Gasteiger partial charge in [0.25, 0.3) is 0 Å². The number of aryl methyl sites for hydroxylation is 1. The van der Waals surface area contributed by atoms with Crippen LogP contribution >= 0.6 is 11.3 Å². The van der Waals surface area contributed by atoms with E-state index >= 15 is 0 Å². The lowest BCUT2D eigenvalue weighted by molar-refractivity contribution is 0.202. The van der Waals surface area contributed by atoms with Gasteiger partial charge in [-0.25, -0.2) is 0 Å². The number of hydrogen-bond acceptors (Lipinski definition) is 6. The summed E-state index contributed by atoms with van der Waals surface area (Å²) in [5, 5.41) is 14.6. The standard InChI is InChI=1S/C14H15N5OS/c1-10-15-16-14-9-18(4-5-19(10)14)8-11-7-12(20-17-11)13-3-2-6-21-13/h2-3,6-7H,4-5,8-9H2,1H3. The fourth-order valence-corrected chi connectivity index (χ4v) is 3.31. The lowest BCUT2D eigenvalue weighted by atomic mass is 10.3. The molecule has 0 saturated heterocycles. The van der Waals surface area contributed by atoms with E-state index in [4.69, 9.17) is 4.52 Å². The van der Waals surface area contributed by atoms with Crippen molar-refractivity contribution in [3.05, 3.63) is 40.9 Å². The Morgan fingerprint density at radius 1 is 1.33 bits per heavy atom. The van der Waals surface area contributed by atoms with Gasteiger partial charge in [0.2, 0.25) is 0 Å². The van der Waals surface area contributed by atoms with Gasteiger partial charge < -0.3 is 9.09 Å². The van der Waals surface area contributed by atoms with Crippen molar-refractivity contribution >= 4 is 11.3 Å². The molecule has 3 aromatic heterocycles. The Morgan fingerprint density at radius 3 is 3.14 bits per heavy atom. The first-order valence-electron chi connectivity index (χ1n) is 6.90. The van der Waals surface area contributed by atoms with Gasteiger partial charge in [0.15, 0.2) is 5.76 Å². The summed E-state index contributed by atoms with van der Waals surface area (Å²) in [6, 6.07) is 6.08. The molecule has 4 rings (SSSR count). The molecule has 0 radical (unpaired) electrons. The minimum Gasteiger partial charge on any atom is -0.355 e. The van der Waals surface area contributed by atoms with Crippen LogP contribution in [0.5, 0.6) is 0 Å². The highest BCUT2D eigenvalue weighted by Crippen LogP contribution is 2.25. The molecule has 0 atom stereocenters. The summed E-state index contributed by atoms with van der Waals surface area (Å²) in [6.07, 6.45) is 0. The van der Waals surface area contributed by atoms with E-state index in [2.05, 4.69) is 24.8 Å². The van der Waals surface area contributed by atoms with E-state index in [1.54, 1.807) is 11.3 Å². The molecule has 0 amide bonds. The molecule has 0 saturated carbocycles. The molecule has 0 aromatic carbocycles. The molecule has 0 spiro atoms. The zero-order valence-electron chi connectivity index (χ0n) is 11.7. The van der Waals surface area contributed by atoms with Crippen molar-refractivity contribution in [1.82, 2.24) is 24.8 Å². The second kappa shape index (κ2) is 5.09. The van der Waals surface area contributed by atoms with E-state index in [1.807, 2.05) is 30.5 Å². The van der Waals surface area contributed by atoms with Gasteiger partial charge in [0, 0.05) is 25.7 Å². The van der Waals surface area contributed by atoms with Crippen molar-refractivity contribution in [2.75, 3.05) is 6.54 Å². The molecule has 3 aromatic rings. The van der Waals surface area contributed by atoms with E-state index < -0.39 is 0 Å². The maximum Gasteiger partial charge on any atom is 0.177 e. The molecule has 0 unspecified atom stereocenters. The molecular formula is C14H15N5OS. The summed E-state index contributed by atoms with van der Waals surface area (Å²) in [5.41, 5.74) is 0.961. The number of aromatic nitrogens is 4. The molecule has 6 nitrogen and oxygen atoms in total. The van der Waals surface area contributed by atoms with Crippen LogP contribution in [0.15, 0.2) is 28.1 Å². The first-order chi connectivity index (χ1) is 10.3. The third-order valence-electron chi connectivity index (χ3n) is 3.73. The SMILES string of the molecule is Cc1nnc2n1CCN(Cc1cc(-c3cccs3)on1)C2. The largest absolute Gasteiger partial charge is 0.355 e. The van der Waals surface area contributed by atoms with Crippen LogP contribution in [0.3, 0.4) is 0 Å². The highest BCUT2D eigenvalue weighted by Gasteiger charge is 2.20. The molecule has 0 aliphatic carbocycles. The van der Waals surface area contributed by atoms with Crippen LogP contribution in [0.25, 0.3) is 10.6 Å². The monoisotopic (exact) mass is 301 g/mol. The maximum absolute atomic E-state index is 5.42. The minimum absolute atomic E-state index is 0.779. The summed E-state index contributed by atoms with van der Waals surface area (Å²) in [7, 11) is 0. The predicted molar refractivity (Wildman–Crippen MR) is 78.7 cm³/mol. The lowest BCUT2D eigenvalue weighted by Crippen LogP contribution is -2.33. The van der Waals surface area contributed by atoms with Crippen LogP contribution in [-0.2, 0) is 19.6 Å². The van der Waals surface area contributed by atoms with E-state index in [0.29, 0.717) is 0 Å². The molecule has 108 valence electrons. The summed E-state index contributed by atoms with van der Waals surface area (Å²) < 4.78 is 7.60. The van der Waals surface area contributed by atoms with Crippen LogP contribution in [0.2, 0.25) is 0 Å². The quantitative estimate of drug-likeness (QED) is 0.743. The zero-order chi connectivity index (χ0) is 14.2. The van der Waals surface area contributed by atoms with Gasteiger partial charge in [-0.2, -0.15) is 0 Å². The molecule has 21 heavy (non-hydrogen) atoms. The number of rotatable bonds is 3. The number of nitrogens with zero attached hydrogens (tertiary/aromatic N) is 5. The summed E-state index contributed by atoms with van der Waals surface area (Å²) in [4.78, 5) is 3.43. The van der Waals surface area contributed by atoms with Crippen LogP contribution in [-0.4, -0.2) is 31.4 Å². The first-order valence-corrected chi connectivity index (χ1v) is 7.78. The Morgan fingerprint density at radius 2 is 2.29 bits per heavy atom. The zero-order valence-corrected chi connectivity index (χ0v) is 12.5. The highest BCUT2D eigenvalue weighted by atomic mass is 32.1. The van der Waals surface area contributed by atoms with Crippen LogP contribution in [0.1, 0.15) is 17.3 Å². The molecule has 0 fully saturated rings. The van der Waals surface area contributed by atoms with Gasteiger partial charge in [0.1, 0.15) is 11.6 Å². The molecule has 1 aliphatic heterocycles. The van der Waals surface area contributed by atoms with Gasteiger partial charge in [-0.1, -0.05) is 11.2 Å². The van der Waals surface area contributed by atoms with E-state index in [1.165, 1.54) is 0 Å². The number of thiophene rings is 1. The van der Waals surface area contributed by atoms with Crippen molar-refractivity contribution in [2.45, 2.75) is 26.6 Å². The van der Waals surface area contributed by atoms with Crippen molar-refractivity contribution in [3.63, 3.8) is 0 Å².